The first-order chi connectivity index (χ1) is 15.1. The molecule has 5 rings (SSSR count). The van der Waals surface area contributed by atoms with Gasteiger partial charge in [0.25, 0.3) is 0 Å². The lowest BCUT2D eigenvalue weighted by molar-refractivity contribution is 0.526. The molecule has 0 spiro atoms. The van der Waals surface area contributed by atoms with Gasteiger partial charge in [-0.1, -0.05) is 37.3 Å². The molecule has 1 aliphatic heterocycles. The highest BCUT2D eigenvalue weighted by Gasteiger charge is 2.28. The van der Waals surface area contributed by atoms with Gasteiger partial charge in [-0.15, -0.1) is 0 Å². The van der Waals surface area contributed by atoms with E-state index in [1.165, 1.54) is 11.9 Å². The number of rotatable bonds is 5. The summed E-state index contributed by atoms with van der Waals surface area (Å²) in [6.07, 6.45) is 3.31. The van der Waals surface area contributed by atoms with E-state index in [0.29, 0.717) is 11.3 Å². The van der Waals surface area contributed by atoms with Crippen LogP contribution >= 0.6 is 0 Å². The van der Waals surface area contributed by atoms with Crippen LogP contribution in [0.25, 0.3) is 17.4 Å². The van der Waals surface area contributed by atoms with Crippen molar-refractivity contribution >= 4 is 28.9 Å². The third-order valence-corrected chi connectivity index (χ3v) is 5.56. The SMILES string of the molecule is CCC(Nc1nc(F)nc2nc[nH]c12)C1N=c2cccc(C)c2=CN1c1ccccc1. The van der Waals surface area contributed by atoms with Crippen molar-refractivity contribution in [1.29, 1.82) is 0 Å². The predicted octanol–water partition coefficient (Wildman–Crippen LogP) is 2.90. The lowest BCUT2D eigenvalue weighted by atomic mass is 10.1. The number of H-pyrrole nitrogens is 1. The average molecular weight is 415 g/mol. The van der Waals surface area contributed by atoms with Crippen LogP contribution in [0.4, 0.5) is 15.9 Å². The summed E-state index contributed by atoms with van der Waals surface area (Å²) in [7, 11) is 0. The maximum absolute atomic E-state index is 14.0. The lowest BCUT2D eigenvalue weighted by Crippen LogP contribution is -2.50. The normalized spacial score (nSPS) is 16.4. The summed E-state index contributed by atoms with van der Waals surface area (Å²) in [5, 5.41) is 5.44. The number of aromatic amines is 1. The maximum Gasteiger partial charge on any atom is 0.312 e. The van der Waals surface area contributed by atoms with Crippen LogP contribution in [0, 0.1) is 13.0 Å². The Balaban J connectivity index is 1.61. The summed E-state index contributed by atoms with van der Waals surface area (Å²) in [4.78, 5) is 22.0. The van der Waals surface area contributed by atoms with Gasteiger partial charge in [-0.25, -0.2) is 4.98 Å². The Hall–Kier alpha value is -3.81. The van der Waals surface area contributed by atoms with E-state index in [2.05, 4.69) is 68.4 Å². The summed E-state index contributed by atoms with van der Waals surface area (Å²) < 4.78 is 14.0. The molecule has 0 amide bonds. The molecular weight excluding hydrogens is 393 g/mol. The average Bonchev–Trinajstić information content (AvgIpc) is 3.26. The van der Waals surface area contributed by atoms with Crippen molar-refractivity contribution in [2.24, 2.45) is 4.99 Å². The molecule has 2 atom stereocenters. The number of benzene rings is 2. The van der Waals surface area contributed by atoms with Crippen molar-refractivity contribution in [2.75, 3.05) is 10.2 Å². The van der Waals surface area contributed by atoms with E-state index < -0.39 is 6.08 Å². The second kappa shape index (κ2) is 7.79. The largest absolute Gasteiger partial charge is 0.361 e. The highest BCUT2D eigenvalue weighted by molar-refractivity contribution is 5.82. The molecule has 156 valence electrons. The number of para-hydroxylation sites is 1. The quantitative estimate of drug-likeness (QED) is 0.490. The summed E-state index contributed by atoms with van der Waals surface area (Å²) >= 11 is 0. The molecule has 7 nitrogen and oxygen atoms in total. The summed E-state index contributed by atoms with van der Waals surface area (Å²) in [5.74, 6) is 0.380. The van der Waals surface area contributed by atoms with Gasteiger partial charge in [0, 0.05) is 17.1 Å². The molecule has 0 fully saturated rings. The number of halogens is 1. The zero-order valence-corrected chi connectivity index (χ0v) is 17.2. The van der Waals surface area contributed by atoms with Gasteiger partial charge >= 0.3 is 6.08 Å². The Labute approximate surface area is 178 Å². The predicted molar refractivity (Wildman–Crippen MR) is 118 cm³/mol. The number of nitrogens with one attached hydrogen (secondary N) is 2. The van der Waals surface area contributed by atoms with Crippen molar-refractivity contribution in [1.82, 2.24) is 19.9 Å². The first-order valence-electron chi connectivity index (χ1n) is 10.3. The highest BCUT2D eigenvalue weighted by atomic mass is 19.1. The molecular formula is C23H22FN7. The minimum absolute atomic E-state index is 0.147. The fourth-order valence-corrected chi connectivity index (χ4v) is 3.95. The molecule has 0 aliphatic carbocycles. The van der Waals surface area contributed by atoms with Gasteiger partial charge in [0.2, 0.25) is 0 Å². The summed E-state index contributed by atoms with van der Waals surface area (Å²) in [6, 6.07) is 16.1. The van der Waals surface area contributed by atoms with E-state index in [1.807, 2.05) is 30.3 Å². The lowest BCUT2D eigenvalue weighted by Gasteiger charge is -2.36. The molecule has 3 heterocycles. The van der Waals surface area contributed by atoms with Crippen LogP contribution in [-0.2, 0) is 0 Å². The first kappa shape index (κ1) is 19.2. The molecule has 2 unspecified atom stereocenters. The van der Waals surface area contributed by atoms with Crippen molar-refractivity contribution in [3.8, 4) is 0 Å². The Morgan fingerprint density at radius 3 is 2.77 bits per heavy atom. The second-order valence-corrected chi connectivity index (χ2v) is 7.52. The number of hydrogen-bond acceptors (Lipinski definition) is 6. The molecule has 0 saturated carbocycles. The number of hydrogen-bond donors (Lipinski definition) is 2. The molecule has 0 radical (unpaired) electrons. The molecule has 1 aliphatic rings. The van der Waals surface area contributed by atoms with E-state index in [-0.39, 0.29) is 17.9 Å². The van der Waals surface area contributed by atoms with Crippen molar-refractivity contribution < 1.29 is 4.39 Å². The van der Waals surface area contributed by atoms with Gasteiger partial charge in [-0.3, -0.25) is 4.99 Å². The first-order valence-corrected chi connectivity index (χ1v) is 10.3. The van der Waals surface area contributed by atoms with E-state index in [9.17, 15) is 4.39 Å². The van der Waals surface area contributed by atoms with Crippen LogP contribution in [0.15, 0.2) is 59.9 Å². The smallest absolute Gasteiger partial charge is 0.312 e. The maximum atomic E-state index is 14.0. The molecule has 0 bridgehead atoms. The number of aromatic nitrogens is 4. The Morgan fingerprint density at radius 1 is 1.13 bits per heavy atom. The molecule has 2 aromatic carbocycles. The van der Waals surface area contributed by atoms with Gasteiger partial charge in [0.05, 0.1) is 17.7 Å². The van der Waals surface area contributed by atoms with E-state index >= 15 is 0 Å². The Morgan fingerprint density at radius 2 is 1.97 bits per heavy atom. The van der Waals surface area contributed by atoms with Gasteiger partial charge in [0.1, 0.15) is 11.7 Å². The van der Waals surface area contributed by atoms with Crippen LogP contribution in [-0.4, -0.2) is 32.1 Å². The number of fused-ring (bicyclic) bond motifs is 2. The van der Waals surface area contributed by atoms with Crippen molar-refractivity contribution in [3.05, 3.63) is 77.1 Å². The monoisotopic (exact) mass is 415 g/mol. The number of imidazole rings is 1. The number of anilines is 2. The van der Waals surface area contributed by atoms with E-state index in [0.717, 1.165) is 22.7 Å². The van der Waals surface area contributed by atoms with Crippen molar-refractivity contribution in [2.45, 2.75) is 32.5 Å². The van der Waals surface area contributed by atoms with Gasteiger partial charge in [0.15, 0.2) is 11.5 Å². The zero-order chi connectivity index (χ0) is 21.4. The third-order valence-electron chi connectivity index (χ3n) is 5.56. The fraction of sp³-hybridized carbons (Fsp3) is 0.217. The topological polar surface area (TPSA) is 82.1 Å². The van der Waals surface area contributed by atoms with Crippen LogP contribution in [0.3, 0.4) is 0 Å². The van der Waals surface area contributed by atoms with E-state index in [1.54, 1.807) is 0 Å². The fourth-order valence-electron chi connectivity index (χ4n) is 3.95. The molecule has 2 aromatic heterocycles. The Bertz CT molecular complexity index is 1350. The van der Waals surface area contributed by atoms with Crippen LogP contribution in [0.1, 0.15) is 18.9 Å². The third kappa shape index (κ3) is 3.50. The summed E-state index contributed by atoms with van der Waals surface area (Å²) in [6.45, 7) is 4.16. The van der Waals surface area contributed by atoms with Crippen LogP contribution < -0.4 is 20.8 Å². The van der Waals surface area contributed by atoms with Crippen LogP contribution in [0.2, 0.25) is 0 Å². The second-order valence-electron chi connectivity index (χ2n) is 7.52. The minimum Gasteiger partial charge on any atom is -0.361 e. The van der Waals surface area contributed by atoms with Gasteiger partial charge in [-0.2, -0.15) is 14.4 Å². The molecule has 4 aromatic rings. The van der Waals surface area contributed by atoms with E-state index in [4.69, 9.17) is 4.99 Å². The minimum atomic E-state index is -0.815. The molecule has 2 N–H and O–H groups in total. The molecule has 0 saturated heterocycles. The number of aryl methyl sites for hydroxylation is 1. The molecule has 8 heteroatoms. The van der Waals surface area contributed by atoms with Crippen molar-refractivity contribution in [3.63, 3.8) is 0 Å². The Kier molecular flexibility index (Phi) is 4.82. The summed E-state index contributed by atoms with van der Waals surface area (Å²) in [5.41, 5.74) is 3.06. The van der Waals surface area contributed by atoms with Gasteiger partial charge < -0.3 is 15.2 Å². The molecule has 31 heavy (non-hydrogen) atoms. The zero-order valence-electron chi connectivity index (χ0n) is 17.2. The van der Waals surface area contributed by atoms with Gasteiger partial charge in [-0.05, 0) is 37.1 Å². The standard InChI is InChI=1S/C23H22FN7/c1-3-17(27-21-19-20(26-13-25-19)29-23(24)30-21)22-28-18-11-7-8-14(2)16(18)12-31(22)15-9-5-4-6-10-15/h4-13,17,22H,3H2,1-2H3,(H2,25,26,27,29,30). The highest BCUT2D eigenvalue weighted by Crippen LogP contribution is 2.25. The van der Waals surface area contributed by atoms with Crippen LogP contribution in [0.5, 0.6) is 0 Å². The number of nitrogens with zero attached hydrogens (tertiary/aromatic N) is 5.